The van der Waals surface area contributed by atoms with Crippen LogP contribution in [0.2, 0.25) is 0 Å². The van der Waals surface area contributed by atoms with Gasteiger partial charge in [0.1, 0.15) is 6.10 Å². The van der Waals surface area contributed by atoms with Gasteiger partial charge in [0, 0.05) is 25.0 Å². The van der Waals surface area contributed by atoms with E-state index in [1.807, 2.05) is 18.7 Å². The van der Waals surface area contributed by atoms with Crippen LogP contribution in [0.1, 0.15) is 114 Å². The average molecular weight is 660 g/mol. The van der Waals surface area contributed by atoms with Gasteiger partial charge < -0.3 is 34.1 Å². The van der Waals surface area contributed by atoms with Crippen LogP contribution in [-0.4, -0.2) is 90.2 Å². The standard InChI is InChI=1S/C39H65NO7/c1-22(2)33(42)40-17-18-45-28(20-40)47-27-13-14-38-21-39(38)16-15-36(8)29-23(3)19-24(32(44-10)35(6,7)43)46-30(29)31(41)37(36,9)26(39)12-11-25(38)34(27,4)5/h22-32,41,43H,11-21H2,1-10H3/t23-,24-,25+,26+,27+,28+,29+,30+,31+,32+,36-,37-,38-,39+/m1/s1. The molecule has 2 aliphatic heterocycles. The second-order valence-corrected chi connectivity index (χ2v) is 19.2. The Labute approximate surface area is 284 Å². The summed E-state index contributed by atoms with van der Waals surface area (Å²) in [6, 6.07) is 0. The highest BCUT2D eigenvalue weighted by atomic mass is 16.7. The molecule has 7 aliphatic rings. The van der Waals surface area contributed by atoms with Crippen molar-refractivity contribution in [1.29, 1.82) is 0 Å². The summed E-state index contributed by atoms with van der Waals surface area (Å²) in [5, 5.41) is 23.5. The van der Waals surface area contributed by atoms with Crippen LogP contribution >= 0.6 is 0 Å². The summed E-state index contributed by atoms with van der Waals surface area (Å²) >= 11 is 0. The number of rotatable bonds is 6. The van der Waals surface area contributed by atoms with E-state index in [4.69, 9.17) is 18.9 Å². The first kappa shape index (κ1) is 34.7. The van der Waals surface area contributed by atoms with Gasteiger partial charge in [-0.05, 0) is 111 Å². The zero-order valence-electron chi connectivity index (χ0n) is 31.0. The molecule has 0 bridgehead atoms. The molecule has 14 atom stereocenters. The lowest BCUT2D eigenvalue weighted by molar-refractivity contribution is -0.248. The first-order valence-electron chi connectivity index (χ1n) is 19.0. The summed E-state index contributed by atoms with van der Waals surface area (Å²) < 4.78 is 25.6. The molecule has 8 nitrogen and oxygen atoms in total. The third-order valence-corrected chi connectivity index (χ3v) is 16.2. The molecule has 2 heterocycles. The van der Waals surface area contributed by atoms with Crippen molar-refractivity contribution >= 4 is 5.91 Å². The summed E-state index contributed by atoms with van der Waals surface area (Å²) in [6.07, 6.45) is 7.30. The van der Waals surface area contributed by atoms with Crippen LogP contribution in [0.25, 0.3) is 0 Å². The predicted octanol–water partition coefficient (Wildman–Crippen LogP) is 5.81. The molecule has 7 rings (SSSR count). The fourth-order valence-electron chi connectivity index (χ4n) is 14.1. The Morgan fingerprint density at radius 3 is 2.36 bits per heavy atom. The topological polar surface area (TPSA) is 97.7 Å². The van der Waals surface area contributed by atoms with E-state index in [1.54, 1.807) is 21.0 Å². The SMILES string of the molecule is CO[C@@H]([C@H]1C[C@@H](C)[C@H]2[C@H](O1)[C@H](O)[C@@]1(C)[C@@H]3CC[C@H]4C(C)(C)[C@@H](O[C@H]5CN(C(=O)C(C)C)CCO5)CC[C@@]45C[C@@]35CC[C@]21C)C(C)(C)O. The second kappa shape index (κ2) is 11.1. The van der Waals surface area contributed by atoms with Crippen LogP contribution in [0.15, 0.2) is 0 Å². The number of carbonyl (C=O) groups excluding carboxylic acids is 1. The number of morpholine rings is 1. The van der Waals surface area contributed by atoms with Gasteiger partial charge in [0.15, 0.2) is 6.29 Å². The van der Waals surface area contributed by atoms with Crippen LogP contribution in [-0.2, 0) is 23.7 Å². The second-order valence-electron chi connectivity index (χ2n) is 19.2. The molecule has 0 aromatic rings. The first-order valence-corrected chi connectivity index (χ1v) is 19.0. The molecule has 2 saturated heterocycles. The molecule has 2 N–H and O–H groups in total. The van der Waals surface area contributed by atoms with Gasteiger partial charge >= 0.3 is 0 Å². The van der Waals surface area contributed by atoms with E-state index in [0.717, 1.165) is 25.7 Å². The normalized spacial score (nSPS) is 50.9. The molecule has 0 aromatic heterocycles. The predicted molar refractivity (Wildman–Crippen MR) is 179 cm³/mol. The van der Waals surface area contributed by atoms with Crippen LogP contribution in [0.3, 0.4) is 0 Å². The quantitative estimate of drug-likeness (QED) is 0.372. The summed E-state index contributed by atoms with van der Waals surface area (Å²) in [5.74, 6) is 1.87. The minimum atomic E-state index is -1.03. The van der Waals surface area contributed by atoms with Gasteiger partial charge in [-0.3, -0.25) is 4.79 Å². The molecule has 8 heteroatoms. The molecule has 5 aliphatic carbocycles. The number of hydrogen-bond acceptors (Lipinski definition) is 7. The van der Waals surface area contributed by atoms with Crippen molar-refractivity contribution in [2.24, 2.45) is 56.7 Å². The fraction of sp³-hybridized carbons (Fsp3) is 0.974. The molecule has 268 valence electrons. The highest BCUT2D eigenvalue weighted by Gasteiger charge is 2.84. The minimum absolute atomic E-state index is 0.00124. The Balaban J connectivity index is 1.12. The Morgan fingerprint density at radius 1 is 1.02 bits per heavy atom. The summed E-state index contributed by atoms with van der Waals surface area (Å²) in [5.41, 5.74) is -0.674. The number of aliphatic hydroxyl groups is 2. The van der Waals surface area contributed by atoms with Crippen molar-refractivity contribution in [2.75, 3.05) is 26.8 Å². The molecule has 47 heavy (non-hydrogen) atoms. The molecular formula is C39H65NO7. The number of amides is 1. The molecule has 2 spiro atoms. The van der Waals surface area contributed by atoms with Crippen molar-refractivity contribution in [3.63, 3.8) is 0 Å². The molecule has 1 amide bonds. The summed E-state index contributed by atoms with van der Waals surface area (Å²) in [4.78, 5) is 14.7. The van der Waals surface area contributed by atoms with Gasteiger partial charge in [-0.2, -0.15) is 0 Å². The van der Waals surface area contributed by atoms with Crippen molar-refractivity contribution in [3.05, 3.63) is 0 Å². The summed E-state index contributed by atoms with van der Waals surface area (Å²) in [6.45, 7) is 21.4. The number of fused-ring (bicyclic) bond motifs is 4. The first-order chi connectivity index (χ1) is 21.9. The number of carbonyl (C=O) groups is 1. The molecule has 0 aromatic carbocycles. The highest BCUT2D eigenvalue weighted by molar-refractivity contribution is 5.78. The Hall–Kier alpha value is -0.770. The number of aliphatic hydroxyl groups excluding tert-OH is 1. The smallest absolute Gasteiger partial charge is 0.225 e. The van der Waals surface area contributed by atoms with E-state index in [1.165, 1.54) is 25.7 Å². The van der Waals surface area contributed by atoms with Gasteiger partial charge in [-0.1, -0.05) is 48.5 Å². The number of ether oxygens (including phenoxy) is 4. The lowest BCUT2D eigenvalue weighted by atomic mass is 9.41. The van der Waals surface area contributed by atoms with Gasteiger partial charge in [0.25, 0.3) is 0 Å². The fourth-order valence-corrected chi connectivity index (χ4v) is 14.1. The summed E-state index contributed by atoms with van der Waals surface area (Å²) in [7, 11) is 1.66. The highest BCUT2D eigenvalue weighted by Crippen LogP contribution is 2.89. The maximum Gasteiger partial charge on any atom is 0.225 e. The lowest BCUT2D eigenvalue weighted by Gasteiger charge is -2.64. The number of hydrogen-bond donors (Lipinski definition) is 2. The van der Waals surface area contributed by atoms with Gasteiger partial charge in [0.05, 0.1) is 43.2 Å². The van der Waals surface area contributed by atoms with Crippen LogP contribution in [0.4, 0.5) is 0 Å². The van der Waals surface area contributed by atoms with Crippen molar-refractivity contribution in [3.8, 4) is 0 Å². The number of nitrogens with zero attached hydrogens (tertiary/aromatic N) is 1. The number of methoxy groups -OCH3 is 1. The molecule has 7 fully saturated rings. The van der Waals surface area contributed by atoms with Crippen molar-refractivity contribution in [2.45, 2.75) is 156 Å². The largest absolute Gasteiger partial charge is 0.390 e. The average Bonchev–Trinajstić information content (AvgIpc) is 3.62. The Kier molecular flexibility index (Phi) is 8.20. The van der Waals surface area contributed by atoms with Crippen LogP contribution in [0.5, 0.6) is 0 Å². The minimum Gasteiger partial charge on any atom is -0.390 e. The molecule has 0 radical (unpaired) electrons. The molecule has 5 saturated carbocycles. The zero-order chi connectivity index (χ0) is 34.1. The van der Waals surface area contributed by atoms with E-state index < -0.39 is 17.8 Å². The molecule has 0 unspecified atom stereocenters. The third kappa shape index (κ3) is 4.62. The molecular weight excluding hydrogens is 594 g/mol. The third-order valence-electron chi connectivity index (χ3n) is 16.2. The monoisotopic (exact) mass is 659 g/mol. The van der Waals surface area contributed by atoms with Crippen molar-refractivity contribution in [1.82, 2.24) is 4.90 Å². The van der Waals surface area contributed by atoms with Gasteiger partial charge in [-0.15, -0.1) is 0 Å². The van der Waals surface area contributed by atoms with E-state index in [0.29, 0.717) is 48.8 Å². The van der Waals surface area contributed by atoms with E-state index in [-0.39, 0.29) is 58.1 Å². The van der Waals surface area contributed by atoms with E-state index >= 15 is 0 Å². The van der Waals surface area contributed by atoms with Gasteiger partial charge in [-0.25, -0.2) is 0 Å². The van der Waals surface area contributed by atoms with E-state index in [2.05, 4.69) is 34.6 Å². The Morgan fingerprint density at radius 2 is 1.70 bits per heavy atom. The van der Waals surface area contributed by atoms with Crippen molar-refractivity contribution < 1.29 is 34.0 Å². The lowest BCUT2D eigenvalue weighted by Crippen LogP contribution is -2.60. The van der Waals surface area contributed by atoms with Gasteiger partial charge in [0.2, 0.25) is 5.91 Å². The van der Waals surface area contributed by atoms with Crippen LogP contribution < -0.4 is 0 Å². The van der Waals surface area contributed by atoms with E-state index in [9.17, 15) is 15.0 Å². The zero-order valence-corrected chi connectivity index (χ0v) is 31.0. The van der Waals surface area contributed by atoms with Crippen LogP contribution in [0, 0.1) is 56.7 Å². The Bertz CT molecular complexity index is 1230. The maximum atomic E-state index is 12.8. The maximum absolute atomic E-state index is 12.8.